The van der Waals surface area contributed by atoms with Crippen LogP contribution >= 0.6 is 10.7 Å². The first-order chi connectivity index (χ1) is 9.39. The molecule has 0 radical (unpaired) electrons. The van der Waals surface area contributed by atoms with Crippen molar-refractivity contribution in [1.82, 2.24) is 0 Å². The molecule has 20 heavy (non-hydrogen) atoms. The average molecular weight is 317 g/mol. The summed E-state index contributed by atoms with van der Waals surface area (Å²) >= 11 is 0. The van der Waals surface area contributed by atoms with Crippen molar-refractivity contribution < 1.29 is 13.2 Å². The van der Waals surface area contributed by atoms with E-state index in [0.29, 0.717) is 18.1 Å². The third kappa shape index (κ3) is 3.67. The Hall–Kier alpha value is -0.740. The number of benzene rings is 1. The van der Waals surface area contributed by atoms with Crippen molar-refractivity contribution >= 4 is 19.7 Å². The summed E-state index contributed by atoms with van der Waals surface area (Å²) in [6, 6.07) is 3.24. The first-order valence-corrected chi connectivity index (χ1v) is 9.38. The summed E-state index contributed by atoms with van der Waals surface area (Å²) in [5.41, 5.74) is 1.52. The van der Waals surface area contributed by atoms with Gasteiger partial charge < -0.3 is 4.74 Å². The van der Waals surface area contributed by atoms with E-state index in [9.17, 15) is 8.42 Å². The Balaban J connectivity index is 2.11. The second kappa shape index (κ2) is 6.35. The molecule has 1 fully saturated rings. The van der Waals surface area contributed by atoms with Crippen LogP contribution in [0.2, 0.25) is 0 Å². The first kappa shape index (κ1) is 15.6. The molecule has 0 N–H and O–H groups in total. The summed E-state index contributed by atoms with van der Waals surface area (Å²) < 4.78 is 28.8. The normalized spacial score (nSPS) is 17.1. The van der Waals surface area contributed by atoms with Gasteiger partial charge in [0.05, 0.1) is 11.5 Å². The zero-order chi connectivity index (χ0) is 14.8. The van der Waals surface area contributed by atoms with Gasteiger partial charge in [-0.15, -0.1) is 0 Å². The summed E-state index contributed by atoms with van der Waals surface area (Å²) in [7, 11) is 1.73. The van der Waals surface area contributed by atoms with Crippen LogP contribution in [-0.2, 0) is 9.05 Å². The van der Waals surface area contributed by atoms with Crippen LogP contribution in [0.15, 0.2) is 17.0 Å². The molecule has 0 aliphatic heterocycles. The Morgan fingerprint density at radius 2 is 1.80 bits per heavy atom. The number of ether oxygens (including phenoxy) is 1. The zero-order valence-electron chi connectivity index (χ0n) is 12.0. The molecule has 1 saturated carbocycles. The van der Waals surface area contributed by atoms with Crippen molar-refractivity contribution in [2.45, 2.75) is 50.8 Å². The van der Waals surface area contributed by atoms with Crippen molar-refractivity contribution in [3.05, 3.63) is 23.3 Å². The highest BCUT2D eigenvalue weighted by Crippen LogP contribution is 2.30. The molecular formula is C15H21ClO3S. The second-order valence-electron chi connectivity index (χ2n) is 5.56. The molecule has 1 aromatic carbocycles. The molecule has 1 aromatic rings. The third-order valence-corrected chi connectivity index (χ3v) is 5.62. The smallest absolute Gasteiger partial charge is 0.261 e. The predicted molar refractivity (Wildman–Crippen MR) is 81.0 cm³/mol. The Morgan fingerprint density at radius 3 is 2.40 bits per heavy atom. The van der Waals surface area contributed by atoms with Crippen LogP contribution in [0.3, 0.4) is 0 Å². The molecule has 3 nitrogen and oxygen atoms in total. The summed E-state index contributed by atoms with van der Waals surface area (Å²) in [6.07, 6.45) is 6.36. The zero-order valence-corrected chi connectivity index (χ0v) is 13.6. The summed E-state index contributed by atoms with van der Waals surface area (Å²) in [6.45, 7) is 4.35. The van der Waals surface area contributed by atoms with Crippen LogP contribution in [0.1, 0.15) is 43.2 Å². The lowest BCUT2D eigenvalue weighted by Gasteiger charge is -2.22. The molecule has 1 aliphatic rings. The van der Waals surface area contributed by atoms with E-state index >= 15 is 0 Å². The number of halogens is 1. The minimum Gasteiger partial charge on any atom is -0.493 e. The maximum absolute atomic E-state index is 11.4. The van der Waals surface area contributed by atoms with Gasteiger partial charge in [0.1, 0.15) is 5.75 Å². The van der Waals surface area contributed by atoms with Gasteiger partial charge in [-0.25, -0.2) is 8.42 Å². The molecule has 5 heteroatoms. The molecule has 0 saturated heterocycles. The van der Waals surface area contributed by atoms with E-state index in [1.165, 1.54) is 38.2 Å². The molecule has 0 heterocycles. The van der Waals surface area contributed by atoms with Crippen molar-refractivity contribution in [3.8, 4) is 5.75 Å². The van der Waals surface area contributed by atoms with Gasteiger partial charge in [-0.05, 0) is 55.9 Å². The topological polar surface area (TPSA) is 43.4 Å². The Labute approximate surface area is 125 Å². The Bertz CT molecular complexity index is 575. The molecule has 1 aliphatic carbocycles. The van der Waals surface area contributed by atoms with Crippen molar-refractivity contribution in [2.24, 2.45) is 5.92 Å². The summed E-state index contributed by atoms with van der Waals surface area (Å²) in [4.78, 5) is 0.168. The van der Waals surface area contributed by atoms with Gasteiger partial charge >= 0.3 is 0 Å². The average Bonchev–Trinajstić information content (AvgIpc) is 2.40. The fraction of sp³-hybridized carbons (Fsp3) is 0.600. The highest BCUT2D eigenvalue weighted by Gasteiger charge is 2.18. The Morgan fingerprint density at radius 1 is 1.15 bits per heavy atom. The van der Waals surface area contributed by atoms with Crippen molar-refractivity contribution in [1.29, 1.82) is 0 Å². The lowest BCUT2D eigenvalue weighted by molar-refractivity contribution is 0.207. The molecule has 112 valence electrons. The lowest BCUT2D eigenvalue weighted by atomic mass is 9.90. The van der Waals surface area contributed by atoms with Gasteiger partial charge in [-0.3, -0.25) is 0 Å². The fourth-order valence-electron chi connectivity index (χ4n) is 2.75. The fourth-order valence-corrected chi connectivity index (χ4v) is 4.00. The quantitative estimate of drug-likeness (QED) is 0.782. The van der Waals surface area contributed by atoms with E-state index in [4.69, 9.17) is 15.4 Å². The van der Waals surface area contributed by atoms with Gasteiger partial charge in [0.2, 0.25) is 0 Å². The summed E-state index contributed by atoms with van der Waals surface area (Å²) in [5.74, 6) is 1.39. The van der Waals surface area contributed by atoms with Gasteiger partial charge in [-0.2, -0.15) is 0 Å². The van der Waals surface area contributed by atoms with E-state index in [-0.39, 0.29) is 4.90 Å². The number of hydrogen-bond acceptors (Lipinski definition) is 3. The Kier molecular flexibility index (Phi) is 4.97. The van der Waals surface area contributed by atoms with E-state index in [0.717, 1.165) is 11.3 Å². The van der Waals surface area contributed by atoms with Crippen LogP contribution < -0.4 is 4.74 Å². The third-order valence-electron chi connectivity index (χ3n) is 4.15. The lowest BCUT2D eigenvalue weighted by Crippen LogP contribution is -2.15. The summed E-state index contributed by atoms with van der Waals surface area (Å²) in [5, 5.41) is 0. The maximum Gasteiger partial charge on any atom is 0.261 e. The van der Waals surface area contributed by atoms with Gasteiger partial charge in [0.25, 0.3) is 9.05 Å². The molecule has 0 atom stereocenters. The minimum absolute atomic E-state index is 0.168. The monoisotopic (exact) mass is 316 g/mol. The SMILES string of the molecule is Cc1c(OCC2CCCCC2)ccc(S(=O)(=O)Cl)c1C. The van der Waals surface area contributed by atoms with Crippen molar-refractivity contribution in [2.75, 3.05) is 6.61 Å². The van der Waals surface area contributed by atoms with Crippen LogP contribution in [-0.4, -0.2) is 15.0 Å². The largest absolute Gasteiger partial charge is 0.493 e. The standard InChI is InChI=1S/C15H21ClO3S/c1-11-12(2)15(20(16,17)18)9-8-14(11)19-10-13-6-4-3-5-7-13/h8-9,13H,3-7,10H2,1-2H3. The molecule has 0 unspecified atom stereocenters. The minimum atomic E-state index is -3.69. The van der Waals surface area contributed by atoms with E-state index in [1.807, 2.05) is 6.92 Å². The van der Waals surface area contributed by atoms with Gasteiger partial charge in [0, 0.05) is 10.7 Å². The number of rotatable bonds is 4. The van der Waals surface area contributed by atoms with E-state index in [1.54, 1.807) is 13.0 Å². The highest BCUT2D eigenvalue weighted by molar-refractivity contribution is 8.13. The van der Waals surface area contributed by atoms with Crippen LogP contribution in [0.5, 0.6) is 5.75 Å². The molecular weight excluding hydrogens is 296 g/mol. The predicted octanol–water partition coefficient (Wildman–Crippen LogP) is 4.19. The molecule has 2 rings (SSSR count). The highest BCUT2D eigenvalue weighted by atomic mass is 35.7. The molecule has 0 amide bonds. The van der Waals surface area contributed by atoms with Crippen molar-refractivity contribution in [3.63, 3.8) is 0 Å². The first-order valence-electron chi connectivity index (χ1n) is 7.07. The number of hydrogen-bond donors (Lipinski definition) is 0. The van der Waals surface area contributed by atoms with E-state index in [2.05, 4.69) is 0 Å². The van der Waals surface area contributed by atoms with Gasteiger partial charge in [-0.1, -0.05) is 19.3 Å². The maximum atomic E-state index is 11.4. The van der Waals surface area contributed by atoms with Crippen LogP contribution in [0.25, 0.3) is 0 Å². The van der Waals surface area contributed by atoms with Crippen LogP contribution in [0, 0.1) is 19.8 Å². The van der Waals surface area contributed by atoms with Crippen LogP contribution in [0.4, 0.5) is 0 Å². The molecule has 0 spiro atoms. The second-order valence-corrected chi connectivity index (χ2v) is 8.10. The van der Waals surface area contributed by atoms with Gasteiger partial charge in [0.15, 0.2) is 0 Å². The molecule has 0 bridgehead atoms. The molecule has 0 aromatic heterocycles. The van der Waals surface area contributed by atoms with E-state index < -0.39 is 9.05 Å².